The van der Waals surface area contributed by atoms with Gasteiger partial charge in [-0.1, -0.05) is 18.2 Å². The molecule has 0 amide bonds. The number of aliphatic hydroxyl groups is 2. The van der Waals surface area contributed by atoms with E-state index in [1.165, 1.54) is 14.2 Å². The maximum absolute atomic E-state index is 11.0. The molecular formula is C21H26O7. The largest absolute Gasteiger partial charge is 0.496 e. The Hall–Kier alpha value is -2.48. The molecule has 0 spiro atoms. The fourth-order valence-corrected chi connectivity index (χ4v) is 3.13. The average molecular weight is 390 g/mol. The summed E-state index contributed by atoms with van der Waals surface area (Å²) in [5, 5.41) is 21.0. The van der Waals surface area contributed by atoms with Gasteiger partial charge in [-0.2, -0.15) is 0 Å². The topological polar surface area (TPSA) is 89.9 Å². The smallest absolute Gasteiger partial charge is 0.203 e. The summed E-state index contributed by atoms with van der Waals surface area (Å²) < 4.78 is 27.2. The third-order valence-electron chi connectivity index (χ3n) is 4.76. The standard InChI is InChI=1S/C21H26O7/c1-24-17-7-5-4-6-15(17)16(10-22)20(23)13-8-18(25-2)21(19(9-13)26-3)28-12-14-11-27-14/h4-9,14,16,20,22-23H,10-12H2,1-3H3. The molecule has 0 aromatic heterocycles. The van der Waals surface area contributed by atoms with Gasteiger partial charge in [-0.15, -0.1) is 0 Å². The van der Waals surface area contributed by atoms with Gasteiger partial charge in [0, 0.05) is 11.5 Å². The summed E-state index contributed by atoms with van der Waals surface area (Å²) in [6, 6.07) is 10.7. The molecule has 28 heavy (non-hydrogen) atoms. The van der Waals surface area contributed by atoms with Gasteiger partial charge >= 0.3 is 0 Å². The van der Waals surface area contributed by atoms with E-state index < -0.39 is 12.0 Å². The van der Waals surface area contributed by atoms with E-state index in [-0.39, 0.29) is 12.7 Å². The minimum absolute atomic E-state index is 0.0870. The maximum Gasteiger partial charge on any atom is 0.203 e. The first-order chi connectivity index (χ1) is 13.6. The Kier molecular flexibility index (Phi) is 6.61. The van der Waals surface area contributed by atoms with Crippen molar-refractivity contribution in [1.29, 1.82) is 0 Å². The summed E-state index contributed by atoms with van der Waals surface area (Å²) >= 11 is 0. The molecule has 152 valence electrons. The van der Waals surface area contributed by atoms with Gasteiger partial charge in [0.05, 0.1) is 40.6 Å². The minimum atomic E-state index is -1.01. The van der Waals surface area contributed by atoms with Crippen LogP contribution in [-0.2, 0) is 4.74 Å². The van der Waals surface area contributed by atoms with Crippen LogP contribution < -0.4 is 18.9 Å². The van der Waals surface area contributed by atoms with Crippen molar-refractivity contribution in [3.05, 3.63) is 47.5 Å². The van der Waals surface area contributed by atoms with E-state index in [4.69, 9.17) is 23.7 Å². The molecule has 0 saturated carbocycles. The highest BCUT2D eigenvalue weighted by molar-refractivity contribution is 5.55. The molecule has 0 aliphatic carbocycles. The van der Waals surface area contributed by atoms with Crippen LogP contribution in [-0.4, -0.2) is 57.5 Å². The molecule has 2 aromatic rings. The molecule has 3 atom stereocenters. The lowest BCUT2D eigenvalue weighted by atomic mass is 9.89. The Balaban J connectivity index is 1.93. The molecule has 3 unspecified atom stereocenters. The SMILES string of the molecule is COc1ccccc1C(CO)C(O)c1cc(OC)c(OCC2CO2)c(OC)c1. The molecule has 3 rings (SSSR count). The van der Waals surface area contributed by atoms with E-state index in [0.717, 1.165) is 0 Å². The first kappa shape index (κ1) is 20.3. The monoisotopic (exact) mass is 390 g/mol. The van der Waals surface area contributed by atoms with Crippen LogP contribution in [0.4, 0.5) is 0 Å². The van der Waals surface area contributed by atoms with Crippen LogP contribution in [0.3, 0.4) is 0 Å². The van der Waals surface area contributed by atoms with Crippen LogP contribution in [0.15, 0.2) is 36.4 Å². The van der Waals surface area contributed by atoms with Gasteiger partial charge < -0.3 is 33.9 Å². The summed E-state index contributed by atoms with van der Waals surface area (Å²) in [6.07, 6.45) is -0.922. The van der Waals surface area contributed by atoms with Gasteiger partial charge in [-0.25, -0.2) is 0 Å². The van der Waals surface area contributed by atoms with Crippen molar-refractivity contribution in [2.45, 2.75) is 18.1 Å². The molecular weight excluding hydrogens is 364 g/mol. The summed E-state index contributed by atoms with van der Waals surface area (Å²) in [4.78, 5) is 0. The fourth-order valence-electron chi connectivity index (χ4n) is 3.13. The highest BCUT2D eigenvalue weighted by atomic mass is 16.6. The fraction of sp³-hybridized carbons (Fsp3) is 0.429. The third kappa shape index (κ3) is 4.32. The van der Waals surface area contributed by atoms with E-state index in [9.17, 15) is 10.2 Å². The molecule has 2 N–H and O–H groups in total. The molecule has 1 heterocycles. The molecule has 1 fully saturated rings. The van der Waals surface area contributed by atoms with Crippen molar-refractivity contribution in [1.82, 2.24) is 0 Å². The number of rotatable bonds is 10. The molecule has 1 aliphatic heterocycles. The van der Waals surface area contributed by atoms with Crippen LogP contribution >= 0.6 is 0 Å². The molecule has 0 radical (unpaired) electrons. The van der Waals surface area contributed by atoms with Crippen LogP contribution in [0.1, 0.15) is 23.1 Å². The highest BCUT2D eigenvalue weighted by Gasteiger charge is 2.29. The van der Waals surface area contributed by atoms with Crippen molar-refractivity contribution in [2.24, 2.45) is 0 Å². The van der Waals surface area contributed by atoms with Crippen molar-refractivity contribution in [3.63, 3.8) is 0 Å². The minimum Gasteiger partial charge on any atom is -0.496 e. The second-order valence-electron chi connectivity index (χ2n) is 6.50. The second kappa shape index (κ2) is 9.14. The first-order valence-electron chi connectivity index (χ1n) is 9.05. The lowest BCUT2D eigenvalue weighted by Gasteiger charge is -2.25. The Labute approximate surface area is 164 Å². The normalized spacial score (nSPS) is 17.5. The van der Waals surface area contributed by atoms with Gasteiger partial charge in [-0.05, 0) is 23.8 Å². The van der Waals surface area contributed by atoms with Gasteiger partial charge in [0.2, 0.25) is 5.75 Å². The van der Waals surface area contributed by atoms with Crippen molar-refractivity contribution in [2.75, 3.05) is 41.2 Å². The molecule has 2 aromatic carbocycles. The highest BCUT2D eigenvalue weighted by Crippen LogP contribution is 2.43. The first-order valence-corrected chi connectivity index (χ1v) is 9.05. The van der Waals surface area contributed by atoms with E-state index in [1.807, 2.05) is 18.2 Å². The van der Waals surface area contributed by atoms with Crippen LogP contribution in [0.5, 0.6) is 23.0 Å². The average Bonchev–Trinajstić information content (AvgIpc) is 3.56. The number of benzene rings is 2. The van der Waals surface area contributed by atoms with E-state index in [1.54, 1.807) is 25.3 Å². The van der Waals surface area contributed by atoms with E-state index >= 15 is 0 Å². The lowest BCUT2D eigenvalue weighted by molar-refractivity contribution is 0.105. The third-order valence-corrected chi connectivity index (χ3v) is 4.76. The molecule has 7 heteroatoms. The molecule has 0 bridgehead atoms. The van der Waals surface area contributed by atoms with Crippen molar-refractivity contribution >= 4 is 0 Å². The number of hydrogen-bond acceptors (Lipinski definition) is 7. The second-order valence-corrected chi connectivity index (χ2v) is 6.50. The van der Waals surface area contributed by atoms with Gasteiger partial charge in [0.1, 0.15) is 18.5 Å². The number of para-hydroxylation sites is 1. The van der Waals surface area contributed by atoms with Gasteiger partial charge in [0.15, 0.2) is 11.5 Å². The predicted octanol–water partition coefficient (Wildman–Crippen LogP) is 2.30. The van der Waals surface area contributed by atoms with Crippen LogP contribution in [0.2, 0.25) is 0 Å². The Bertz CT molecular complexity index is 763. The maximum atomic E-state index is 11.0. The Morgan fingerprint density at radius 2 is 1.64 bits per heavy atom. The number of hydrogen-bond donors (Lipinski definition) is 2. The van der Waals surface area contributed by atoms with E-state index in [0.29, 0.717) is 47.3 Å². The number of aliphatic hydroxyl groups excluding tert-OH is 2. The van der Waals surface area contributed by atoms with Crippen molar-refractivity contribution < 1.29 is 33.9 Å². The lowest BCUT2D eigenvalue weighted by Crippen LogP contribution is -2.16. The zero-order chi connectivity index (χ0) is 20.1. The number of epoxide rings is 1. The quantitative estimate of drug-likeness (QED) is 0.602. The Morgan fingerprint density at radius 1 is 1.04 bits per heavy atom. The van der Waals surface area contributed by atoms with Gasteiger partial charge in [-0.3, -0.25) is 0 Å². The summed E-state index contributed by atoms with van der Waals surface area (Å²) in [5.74, 6) is 1.34. The predicted molar refractivity (Wildman–Crippen MR) is 103 cm³/mol. The van der Waals surface area contributed by atoms with Crippen LogP contribution in [0.25, 0.3) is 0 Å². The molecule has 1 saturated heterocycles. The molecule has 1 aliphatic rings. The zero-order valence-electron chi connectivity index (χ0n) is 16.3. The van der Waals surface area contributed by atoms with Crippen LogP contribution in [0, 0.1) is 0 Å². The Morgan fingerprint density at radius 3 is 2.18 bits per heavy atom. The van der Waals surface area contributed by atoms with Crippen molar-refractivity contribution in [3.8, 4) is 23.0 Å². The van der Waals surface area contributed by atoms with Gasteiger partial charge in [0.25, 0.3) is 0 Å². The number of ether oxygens (including phenoxy) is 5. The summed E-state index contributed by atoms with van der Waals surface area (Å²) in [5.41, 5.74) is 1.25. The zero-order valence-corrected chi connectivity index (χ0v) is 16.3. The summed E-state index contributed by atoms with van der Waals surface area (Å²) in [7, 11) is 4.60. The summed E-state index contributed by atoms with van der Waals surface area (Å²) in [6.45, 7) is 0.817. The number of methoxy groups -OCH3 is 3. The van der Waals surface area contributed by atoms with E-state index in [2.05, 4.69) is 0 Å². The molecule has 7 nitrogen and oxygen atoms in total.